The van der Waals surface area contributed by atoms with E-state index in [0.717, 1.165) is 70.1 Å². The fraction of sp³-hybridized carbons (Fsp3) is 0.565. The van der Waals surface area contributed by atoms with Crippen molar-refractivity contribution in [3.8, 4) is 0 Å². The number of aromatic nitrogens is 1. The van der Waals surface area contributed by atoms with Crippen molar-refractivity contribution < 1.29 is 4.74 Å². The molecule has 0 saturated carbocycles. The lowest BCUT2D eigenvalue weighted by molar-refractivity contribution is 0.00534. The number of benzene rings is 1. The second-order valence-electron chi connectivity index (χ2n) is 7.62. The third-order valence-electron chi connectivity index (χ3n) is 5.31. The molecule has 2 aromatic rings. The van der Waals surface area contributed by atoms with Crippen LogP contribution in [0.5, 0.6) is 0 Å². The molecule has 1 aromatic heterocycles. The number of rotatable bonds is 10. The molecule has 0 aliphatic carbocycles. The summed E-state index contributed by atoms with van der Waals surface area (Å²) >= 11 is 1.72. The van der Waals surface area contributed by atoms with Crippen LogP contribution in [0.1, 0.15) is 42.5 Å². The highest BCUT2D eigenvalue weighted by atomic mass is 32.1. The zero-order chi connectivity index (χ0) is 21.0. The number of nitrogens with zero attached hydrogens (tertiary/aromatic N) is 3. The van der Waals surface area contributed by atoms with Gasteiger partial charge in [-0.1, -0.05) is 37.3 Å². The zero-order valence-corrected chi connectivity index (χ0v) is 19.1. The standard InChI is InChI=1S/C23H35N5OS/c1-3-22-27-20(18-30-22)16-26-23(24-2)25-12-7-15-29-21-10-13-28(14-11-21)17-19-8-5-4-6-9-19/h4-6,8-9,18,21H,3,7,10-17H2,1-2H3,(H2,24,25,26). The molecule has 1 aliphatic heterocycles. The SMILES string of the molecule is CCc1nc(CNC(=NC)NCCCOC2CCN(Cc3ccccc3)CC2)cs1. The first kappa shape index (κ1) is 22.7. The number of nitrogens with one attached hydrogen (secondary N) is 2. The van der Waals surface area contributed by atoms with Gasteiger partial charge in [0.05, 0.1) is 23.4 Å². The van der Waals surface area contributed by atoms with Gasteiger partial charge in [-0.15, -0.1) is 11.3 Å². The van der Waals surface area contributed by atoms with Crippen molar-refractivity contribution in [1.29, 1.82) is 0 Å². The summed E-state index contributed by atoms with van der Waals surface area (Å²) in [6.45, 7) is 7.75. The Bertz CT molecular complexity index is 756. The molecule has 6 nitrogen and oxygen atoms in total. The molecule has 0 radical (unpaired) electrons. The van der Waals surface area contributed by atoms with E-state index in [4.69, 9.17) is 4.74 Å². The van der Waals surface area contributed by atoms with E-state index in [0.29, 0.717) is 12.6 Å². The number of piperidine rings is 1. The van der Waals surface area contributed by atoms with E-state index in [-0.39, 0.29) is 0 Å². The van der Waals surface area contributed by atoms with Crippen LogP contribution in [-0.2, 0) is 24.2 Å². The number of likely N-dealkylation sites (tertiary alicyclic amines) is 1. The zero-order valence-electron chi connectivity index (χ0n) is 18.3. The van der Waals surface area contributed by atoms with Crippen LogP contribution in [0, 0.1) is 0 Å². The summed E-state index contributed by atoms with van der Waals surface area (Å²) in [5.41, 5.74) is 2.47. The van der Waals surface area contributed by atoms with Crippen molar-refractivity contribution >= 4 is 17.3 Å². The summed E-state index contributed by atoms with van der Waals surface area (Å²) in [6, 6.07) is 10.7. The van der Waals surface area contributed by atoms with E-state index in [1.807, 2.05) is 0 Å². The van der Waals surface area contributed by atoms with Crippen molar-refractivity contribution in [1.82, 2.24) is 20.5 Å². The van der Waals surface area contributed by atoms with E-state index < -0.39 is 0 Å². The average Bonchev–Trinajstić information content (AvgIpc) is 3.25. The van der Waals surface area contributed by atoms with E-state index >= 15 is 0 Å². The number of thiazole rings is 1. The van der Waals surface area contributed by atoms with Crippen molar-refractivity contribution in [2.45, 2.75) is 51.8 Å². The van der Waals surface area contributed by atoms with Crippen LogP contribution in [0.25, 0.3) is 0 Å². The largest absolute Gasteiger partial charge is 0.378 e. The molecule has 30 heavy (non-hydrogen) atoms. The summed E-state index contributed by atoms with van der Waals surface area (Å²) in [6.07, 6.45) is 4.60. The van der Waals surface area contributed by atoms with Crippen LogP contribution in [0.15, 0.2) is 40.7 Å². The van der Waals surface area contributed by atoms with Crippen LogP contribution < -0.4 is 10.6 Å². The monoisotopic (exact) mass is 429 g/mol. The number of aryl methyl sites for hydroxylation is 1. The predicted octanol–water partition coefficient (Wildman–Crippen LogP) is 3.44. The molecule has 7 heteroatoms. The molecule has 2 heterocycles. The molecule has 0 atom stereocenters. The molecule has 1 aromatic carbocycles. The van der Waals surface area contributed by atoms with E-state index in [9.17, 15) is 0 Å². The number of guanidine groups is 1. The van der Waals surface area contributed by atoms with Gasteiger partial charge >= 0.3 is 0 Å². The summed E-state index contributed by atoms with van der Waals surface area (Å²) in [4.78, 5) is 11.4. The van der Waals surface area contributed by atoms with E-state index in [1.54, 1.807) is 18.4 Å². The molecule has 0 unspecified atom stereocenters. The molecule has 2 N–H and O–H groups in total. The summed E-state index contributed by atoms with van der Waals surface area (Å²) < 4.78 is 6.11. The maximum atomic E-state index is 6.11. The normalized spacial score (nSPS) is 16.0. The number of hydrogen-bond acceptors (Lipinski definition) is 5. The summed E-state index contributed by atoms with van der Waals surface area (Å²) in [7, 11) is 1.80. The minimum absolute atomic E-state index is 0.395. The first-order valence-corrected chi connectivity index (χ1v) is 11.9. The Balaban J connectivity index is 1.23. The van der Waals surface area contributed by atoms with Crippen LogP contribution in [0.4, 0.5) is 0 Å². The minimum atomic E-state index is 0.395. The maximum absolute atomic E-state index is 6.11. The smallest absolute Gasteiger partial charge is 0.191 e. The number of hydrogen-bond donors (Lipinski definition) is 2. The Morgan fingerprint density at radius 2 is 2.03 bits per heavy atom. The molecule has 0 bridgehead atoms. The third-order valence-corrected chi connectivity index (χ3v) is 6.36. The fourth-order valence-electron chi connectivity index (χ4n) is 3.59. The van der Waals surface area contributed by atoms with Gasteiger partial charge in [-0.25, -0.2) is 4.98 Å². The highest BCUT2D eigenvalue weighted by Gasteiger charge is 2.19. The fourth-order valence-corrected chi connectivity index (χ4v) is 4.34. The van der Waals surface area contributed by atoms with Gasteiger partial charge < -0.3 is 15.4 Å². The van der Waals surface area contributed by atoms with Gasteiger partial charge in [0.25, 0.3) is 0 Å². The lowest BCUT2D eigenvalue weighted by Crippen LogP contribution is -2.38. The number of ether oxygens (including phenoxy) is 1. The van der Waals surface area contributed by atoms with Gasteiger partial charge in [0, 0.05) is 45.2 Å². The van der Waals surface area contributed by atoms with Crippen molar-refractivity contribution in [3.05, 3.63) is 52.0 Å². The highest BCUT2D eigenvalue weighted by Crippen LogP contribution is 2.16. The minimum Gasteiger partial charge on any atom is -0.378 e. The molecule has 1 saturated heterocycles. The van der Waals surface area contributed by atoms with Crippen LogP contribution in [0.3, 0.4) is 0 Å². The molecule has 0 amide bonds. The van der Waals surface area contributed by atoms with Crippen LogP contribution in [-0.4, -0.2) is 55.2 Å². The first-order valence-electron chi connectivity index (χ1n) is 11.0. The van der Waals surface area contributed by atoms with Gasteiger partial charge in [0.15, 0.2) is 5.96 Å². The molecule has 164 valence electrons. The van der Waals surface area contributed by atoms with Crippen molar-refractivity contribution in [2.24, 2.45) is 4.99 Å². The van der Waals surface area contributed by atoms with E-state index in [2.05, 4.69) is 68.1 Å². The maximum Gasteiger partial charge on any atom is 0.191 e. The average molecular weight is 430 g/mol. The van der Waals surface area contributed by atoms with Gasteiger partial charge in [-0.3, -0.25) is 9.89 Å². The van der Waals surface area contributed by atoms with E-state index in [1.165, 1.54) is 10.6 Å². The highest BCUT2D eigenvalue weighted by molar-refractivity contribution is 7.09. The third kappa shape index (κ3) is 7.70. The molecular weight excluding hydrogens is 394 g/mol. The van der Waals surface area contributed by atoms with Crippen molar-refractivity contribution in [2.75, 3.05) is 33.3 Å². The van der Waals surface area contributed by atoms with Gasteiger partial charge in [-0.2, -0.15) is 0 Å². The van der Waals surface area contributed by atoms with Gasteiger partial charge in [-0.05, 0) is 31.2 Å². The second kappa shape index (κ2) is 12.7. The lowest BCUT2D eigenvalue weighted by atomic mass is 10.1. The molecule has 1 fully saturated rings. The molecule has 0 spiro atoms. The molecule has 3 rings (SSSR count). The Hall–Kier alpha value is -1.96. The summed E-state index contributed by atoms with van der Waals surface area (Å²) in [5.74, 6) is 0.815. The topological polar surface area (TPSA) is 61.8 Å². The van der Waals surface area contributed by atoms with Crippen molar-refractivity contribution in [3.63, 3.8) is 0 Å². The Morgan fingerprint density at radius 1 is 1.23 bits per heavy atom. The molecule has 1 aliphatic rings. The first-order chi connectivity index (χ1) is 14.8. The van der Waals surface area contributed by atoms with Crippen LogP contribution >= 0.6 is 11.3 Å². The number of aliphatic imine (C=N–C) groups is 1. The van der Waals surface area contributed by atoms with Gasteiger partial charge in [0.1, 0.15) is 0 Å². The summed E-state index contributed by atoms with van der Waals surface area (Å²) in [5, 5.41) is 9.97. The van der Waals surface area contributed by atoms with Crippen LogP contribution in [0.2, 0.25) is 0 Å². The Kier molecular flexibility index (Phi) is 9.60. The van der Waals surface area contributed by atoms with Gasteiger partial charge in [0.2, 0.25) is 0 Å². The Morgan fingerprint density at radius 3 is 2.73 bits per heavy atom. The quantitative estimate of drug-likeness (QED) is 0.344. The predicted molar refractivity (Wildman–Crippen MR) is 125 cm³/mol. The Labute approximate surface area is 184 Å². The second-order valence-corrected chi connectivity index (χ2v) is 8.57. The lowest BCUT2D eigenvalue weighted by Gasteiger charge is -2.32. The molecular formula is C23H35N5OS.